The first-order chi connectivity index (χ1) is 13.8. The summed E-state index contributed by atoms with van der Waals surface area (Å²) in [5.41, 5.74) is 2.44. The van der Waals surface area contributed by atoms with Gasteiger partial charge in [0.1, 0.15) is 5.75 Å². The zero-order valence-corrected chi connectivity index (χ0v) is 22.9. The Bertz CT molecular complexity index is 823. The second kappa shape index (κ2) is 28.2. The summed E-state index contributed by atoms with van der Waals surface area (Å²) in [5.74, 6) is 0.322. The van der Waals surface area contributed by atoms with Crippen molar-refractivity contribution in [1.29, 1.82) is 0 Å². The van der Waals surface area contributed by atoms with Crippen LogP contribution in [0.15, 0.2) is 121 Å². The molecule has 0 saturated carbocycles. The second-order valence-electron chi connectivity index (χ2n) is 5.88. The molecule has 3 aromatic carbocycles. The summed E-state index contributed by atoms with van der Waals surface area (Å²) in [6, 6.07) is 29.3. The SMILES string of the molecule is C(C=Cc1ccccc1)=Cc1ccccc1.Oc1ccccc1.[C-]1=CC=CC1.[CH3-].[CH3-].[CH3-].[CH3-].[CH3-].[Ti]. The van der Waals surface area contributed by atoms with Crippen molar-refractivity contribution in [2.75, 3.05) is 0 Å². The summed E-state index contributed by atoms with van der Waals surface area (Å²) >= 11 is 0. The van der Waals surface area contributed by atoms with Crippen molar-refractivity contribution < 1.29 is 26.8 Å². The van der Waals surface area contributed by atoms with E-state index in [0.29, 0.717) is 5.75 Å². The summed E-state index contributed by atoms with van der Waals surface area (Å²) < 4.78 is 0. The van der Waals surface area contributed by atoms with E-state index in [0.717, 1.165) is 6.42 Å². The van der Waals surface area contributed by atoms with Crippen molar-refractivity contribution in [3.8, 4) is 5.75 Å². The van der Waals surface area contributed by atoms with Crippen molar-refractivity contribution >= 4 is 12.2 Å². The van der Waals surface area contributed by atoms with Crippen LogP contribution in [0.3, 0.4) is 0 Å². The van der Waals surface area contributed by atoms with Crippen LogP contribution in [0.5, 0.6) is 5.75 Å². The zero-order chi connectivity index (χ0) is 19.7. The maximum absolute atomic E-state index is 8.63. The van der Waals surface area contributed by atoms with Crippen LogP contribution in [0.4, 0.5) is 0 Å². The predicted molar refractivity (Wildman–Crippen MR) is 153 cm³/mol. The molecule has 0 heterocycles. The second-order valence-corrected chi connectivity index (χ2v) is 5.88. The predicted octanol–water partition coefficient (Wildman–Crippen LogP) is 9.36. The molecule has 1 N–H and O–H groups in total. The minimum atomic E-state index is 0. The molecular weight excluding hydrogens is 448 g/mol. The average Bonchev–Trinajstić information content (AvgIpc) is 3.34. The van der Waals surface area contributed by atoms with Gasteiger partial charge < -0.3 is 42.2 Å². The van der Waals surface area contributed by atoms with Crippen LogP contribution in [0, 0.1) is 43.2 Å². The van der Waals surface area contributed by atoms with Gasteiger partial charge >= 0.3 is 0 Å². The van der Waals surface area contributed by atoms with Gasteiger partial charge in [-0.05, 0) is 23.3 Å². The van der Waals surface area contributed by atoms with Gasteiger partial charge in [-0.15, -0.1) is 6.42 Å². The minimum absolute atomic E-state index is 0. The van der Waals surface area contributed by atoms with Gasteiger partial charge in [0.15, 0.2) is 0 Å². The van der Waals surface area contributed by atoms with E-state index in [4.69, 9.17) is 5.11 Å². The normalized spacial score (nSPS) is 9.65. The monoisotopic (exact) mass is 488 g/mol. The third kappa shape index (κ3) is 21.0. The molecule has 1 aliphatic carbocycles. The van der Waals surface area contributed by atoms with Crippen LogP contribution >= 0.6 is 0 Å². The molecule has 0 saturated heterocycles. The Morgan fingerprint density at radius 3 is 1.21 bits per heavy atom. The molecule has 0 amide bonds. The standard InChI is InChI=1S/C16H14.C6H6O.C5H5.5CH3.Ti/c1-3-9-15(10-4-1)13-7-8-14-16-11-5-2-6-12-16;7-6-4-2-1-3-5-6;1-2-4-5-3-1;;;;;;/h1-14H;1-5,7H;1-3H,4H2;5*1H3;/q;;6*-1;. The van der Waals surface area contributed by atoms with E-state index in [1.54, 1.807) is 24.3 Å². The van der Waals surface area contributed by atoms with Gasteiger partial charge in [-0.3, -0.25) is 6.08 Å². The molecule has 0 bridgehead atoms. The quantitative estimate of drug-likeness (QED) is 0.221. The fourth-order valence-corrected chi connectivity index (χ4v) is 2.23. The Balaban J connectivity index is -0.000000133. The first kappa shape index (κ1) is 41.4. The molecule has 0 atom stereocenters. The number of phenols is 1. The molecule has 0 spiro atoms. The summed E-state index contributed by atoms with van der Waals surface area (Å²) in [4.78, 5) is 0. The molecule has 0 aliphatic heterocycles. The number of hydrogen-bond donors (Lipinski definition) is 1. The Kier molecular flexibility index (Phi) is 34.3. The van der Waals surface area contributed by atoms with Crippen molar-refractivity contribution in [2.24, 2.45) is 0 Å². The molecule has 4 rings (SSSR count). The van der Waals surface area contributed by atoms with Gasteiger partial charge in [-0.1, -0.05) is 103 Å². The molecule has 0 radical (unpaired) electrons. The van der Waals surface area contributed by atoms with E-state index in [9.17, 15) is 0 Å². The maximum atomic E-state index is 8.63. The Labute approximate surface area is 226 Å². The molecule has 3 aromatic rings. The smallest absolute Gasteiger partial charge is 0.115 e. The third-order valence-electron chi connectivity index (χ3n) is 3.63. The van der Waals surface area contributed by atoms with Gasteiger partial charge in [-0.2, -0.15) is 6.08 Å². The number of aromatic hydroxyl groups is 1. The van der Waals surface area contributed by atoms with Gasteiger partial charge in [-0.25, -0.2) is 12.2 Å². The van der Waals surface area contributed by atoms with Crippen molar-refractivity contribution in [3.63, 3.8) is 0 Å². The number of allylic oxidation sites excluding steroid dienone is 6. The zero-order valence-electron chi connectivity index (χ0n) is 21.4. The molecule has 34 heavy (non-hydrogen) atoms. The first-order valence-corrected chi connectivity index (χ1v) is 9.25. The van der Waals surface area contributed by atoms with Crippen LogP contribution in [0.25, 0.3) is 12.2 Å². The van der Waals surface area contributed by atoms with E-state index < -0.39 is 0 Å². The third-order valence-corrected chi connectivity index (χ3v) is 3.63. The van der Waals surface area contributed by atoms with E-state index in [1.807, 2.05) is 54.6 Å². The molecule has 0 aromatic heterocycles. The van der Waals surface area contributed by atoms with Crippen LogP contribution in [-0.2, 0) is 21.7 Å². The van der Waals surface area contributed by atoms with E-state index in [-0.39, 0.29) is 58.9 Å². The molecule has 1 aliphatic rings. The van der Waals surface area contributed by atoms with Gasteiger partial charge in [0.05, 0.1) is 0 Å². The van der Waals surface area contributed by atoms with Gasteiger partial charge in [0.2, 0.25) is 0 Å². The number of para-hydroxylation sites is 1. The van der Waals surface area contributed by atoms with Gasteiger partial charge in [0, 0.05) is 21.7 Å². The van der Waals surface area contributed by atoms with Crippen molar-refractivity contribution in [3.05, 3.63) is 176 Å². The van der Waals surface area contributed by atoms with Crippen LogP contribution in [-0.4, -0.2) is 5.11 Å². The maximum Gasteiger partial charge on any atom is 0.115 e. The first-order valence-electron chi connectivity index (χ1n) is 9.25. The van der Waals surface area contributed by atoms with Gasteiger partial charge in [0.25, 0.3) is 0 Å². The van der Waals surface area contributed by atoms with Crippen molar-refractivity contribution in [2.45, 2.75) is 6.42 Å². The summed E-state index contributed by atoms with van der Waals surface area (Å²) in [5, 5.41) is 8.63. The Morgan fingerprint density at radius 2 is 0.971 bits per heavy atom. The van der Waals surface area contributed by atoms with E-state index in [2.05, 4.69) is 60.7 Å². The Hall–Kier alpha value is -2.87. The minimum Gasteiger partial charge on any atom is -0.508 e. The molecule has 0 fully saturated rings. The van der Waals surface area contributed by atoms with Crippen LogP contribution in [0.2, 0.25) is 0 Å². The molecule has 0 unspecified atom stereocenters. The molecule has 1 nitrogen and oxygen atoms in total. The largest absolute Gasteiger partial charge is 0.508 e. The number of phenolic OH excluding ortho intramolecular Hbond substituents is 1. The van der Waals surface area contributed by atoms with E-state index >= 15 is 0 Å². The van der Waals surface area contributed by atoms with Crippen LogP contribution in [0.1, 0.15) is 17.5 Å². The van der Waals surface area contributed by atoms with Crippen LogP contribution < -0.4 is 0 Å². The fraction of sp³-hybridized carbons (Fsp3) is 0.0312. The summed E-state index contributed by atoms with van der Waals surface area (Å²) in [6.45, 7) is 0. The Morgan fingerprint density at radius 1 is 0.588 bits per heavy atom. The summed E-state index contributed by atoms with van der Waals surface area (Å²) in [6.07, 6.45) is 18.3. The topological polar surface area (TPSA) is 20.2 Å². The molecule has 2 heteroatoms. The number of benzene rings is 3. The van der Waals surface area contributed by atoms with Crippen molar-refractivity contribution in [1.82, 2.24) is 0 Å². The average molecular weight is 489 g/mol. The fourth-order valence-electron chi connectivity index (χ4n) is 2.23. The molecular formula is C32H40OTi-6. The summed E-state index contributed by atoms with van der Waals surface area (Å²) in [7, 11) is 0. The number of hydrogen-bond acceptors (Lipinski definition) is 1. The van der Waals surface area contributed by atoms with E-state index in [1.165, 1.54) is 11.1 Å². The number of rotatable bonds is 3. The molecule has 184 valence electrons.